The van der Waals surface area contributed by atoms with E-state index >= 15 is 0 Å². The number of carbonyl (C=O) groups excluding carboxylic acids is 1. The fraction of sp³-hybridized carbons (Fsp3) is 0.214. The summed E-state index contributed by atoms with van der Waals surface area (Å²) in [5, 5.41) is -0.172. The van der Waals surface area contributed by atoms with Crippen molar-refractivity contribution in [3.05, 3.63) is 52.0 Å². The van der Waals surface area contributed by atoms with Gasteiger partial charge in [-0.1, -0.05) is 18.2 Å². The molecular formula is C14H13NO5S. The minimum Gasteiger partial charge on any atom is -0.461 e. The molecule has 2 aromatic rings. The molecule has 6 nitrogen and oxygen atoms in total. The molecule has 0 aliphatic rings. The molecule has 0 fully saturated rings. The summed E-state index contributed by atoms with van der Waals surface area (Å²) in [6, 6.07) is 8.72. The third kappa shape index (κ3) is 3.19. The molecule has 0 unspecified atom stereocenters. The Hall–Kier alpha value is -2.41. The minimum absolute atomic E-state index is 0.0669. The topological polar surface area (TPSA) is 70.7 Å². The van der Waals surface area contributed by atoms with Crippen LogP contribution in [-0.2, 0) is 4.74 Å². The molecule has 0 aliphatic carbocycles. The molecule has 2 rings (SSSR count). The van der Waals surface area contributed by atoms with Crippen molar-refractivity contribution in [1.82, 2.24) is 4.74 Å². The first-order valence-electron chi connectivity index (χ1n) is 6.22. The highest BCUT2D eigenvalue weighted by Gasteiger charge is 2.25. The lowest BCUT2D eigenvalue weighted by atomic mass is 10.3. The van der Waals surface area contributed by atoms with Crippen LogP contribution in [0.5, 0.6) is 5.75 Å². The lowest BCUT2D eigenvalue weighted by Gasteiger charge is -2.08. The zero-order valence-electron chi connectivity index (χ0n) is 11.5. The van der Waals surface area contributed by atoms with Crippen molar-refractivity contribution in [2.24, 2.45) is 0 Å². The third-order valence-corrected chi connectivity index (χ3v) is 2.87. The van der Waals surface area contributed by atoms with Gasteiger partial charge in [-0.3, -0.25) is 0 Å². The summed E-state index contributed by atoms with van der Waals surface area (Å²) in [6.07, 6.45) is 0. The number of hydrogen-bond donors (Lipinski definition) is 0. The number of hydrogen-bond acceptors (Lipinski definition) is 6. The van der Waals surface area contributed by atoms with Gasteiger partial charge in [0.05, 0.1) is 12.2 Å². The van der Waals surface area contributed by atoms with Crippen molar-refractivity contribution in [2.75, 3.05) is 6.61 Å². The Morgan fingerprint density at radius 2 is 2.00 bits per heavy atom. The van der Waals surface area contributed by atoms with Gasteiger partial charge in [-0.25, -0.2) is 9.59 Å². The summed E-state index contributed by atoms with van der Waals surface area (Å²) >= 11 is 5.07. The molecular weight excluding hydrogens is 294 g/mol. The van der Waals surface area contributed by atoms with Gasteiger partial charge in [0, 0.05) is 0 Å². The van der Waals surface area contributed by atoms with Crippen molar-refractivity contribution in [3.63, 3.8) is 0 Å². The molecule has 110 valence electrons. The number of benzene rings is 1. The molecule has 0 amide bonds. The standard InChI is InChI=1S/C14H13NO5S/c1-3-18-13(17)11-9(2)12(16)20-15(11)14(21)19-10-7-5-4-6-8-10/h4-8H,3H2,1-2H3. The summed E-state index contributed by atoms with van der Waals surface area (Å²) in [5.41, 5.74) is -0.618. The summed E-state index contributed by atoms with van der Waals surface area (Å²) in [6.45, 7) is 3.29. The van der Waals surface area contributed by atoms with Gasteiger partial charge in [-0.15, -0.1) is 4.74 Å². The Labute approximate surface area is 125 Å². The van der Waals surface area contributed by atoms with Crippen molar-refractivity contribution >= 4 is 23.4 Å². The van der Waals surface area contributed by atoms with E-state index in [2.05, 4.69) is 0 Å². The van der Waals surface area contributed by atoms with Crippen LogP contribution < -0.4 is 10.4 Å². The van der Waals surface area contributed by atoms with Crippen LogP contribution in [0.15, 0.2) is 39.6 Å². The van der Waals surface area contributed by atoms with E-state index in [9.17, 15) is 9.59 Å². The van der Waals surface area contributed by atoms with Crippen molar-refractivity contribution in [3.8, 4) is 5.75 Å². The quantitative estimate of drug-likeness (QED) is 0.639. The average Bonchev–Trinajstić information content (AvgIpc) is 2.76. The Morgan fingerprint density at radius 1 is 1.33 bits per heavy atom. The second-order valence-corrected chi connectivity index (χ2v) is 4.40. The van der Waals surface area contributed by atoms with E-state index < -0.39 is 11.6 Å². The van der Waals surface area contributed by atoms with E-state index in [1.807, 2.05) is 6.07 Å². The zero-order chi connectivity index (χ0) is 15.4. The highest BCUT2D eigenvalue weighted by molar-refractivity contribution is 7.80. The highest BCUT2D eigenvalue weighted by Crippen LogP contribution is 2.13. The van der Waals surface area contributed by atoms with E-state index in [1.54, 1.807) is 31.2 Å². The largest absolute Gasteiger partial charge is 0.461 e. The summed E-state index contributed by atoms with van der Waals surface area (Å²) in [5.74, 6) is -0.230. The van der Waals surface area contributed by atoms with Gasteiger partial charge in [0.1, 0.15) is 5.75 Å². The molecule has 0 spiro atoms. The number of para-hydroxylation sites is 1. The van der Waals surface area contributed by atoms with Crippen molar-refractivity contribution in [2.45, 2.75) is 13.8 Å². The van der Waals surface area contributed by atoms with Gasteiger partial charge in [-0.05, 0) is 38.2 Å². The predicted molar refractivity (Wildman–Crippen MR) is 78.7 cm³/mol. The zero-order valence-corrected chi connectivity index (χ0v) is 12.3. The van der Waals surface area contributed by atoms with Gasteiger partial charge in [-0.2, -0.15) is 0 Å². The van der Waals surface area contributed by atoms with Crippen molar-refractivity contribution < 1.29 is 18.8 Å². The summed E-state index contributed by atoms with van der Waals surface area (Å²) in [7, 11) is 0. The number of esters is 1. The van der Waals surface area contributed by atoms with Gasteiger partial charge < -0.3 is 14.0 Å². The van der Waals surface area contributed by atoms with E-state index in [0.29, 0.717) is 5.75 Å². The maximum atomic E-state index is 11.9. The fourth-order valence-electron chi connectivity index (χ4n) is 1.64. The van der Waals surface area contributed by atoms with E-state index in [0.717, 1.165) is 4.74 Å². The van der Waals surface area contributed by atoms with Crippen LogP contribution >= 0.6 is 12.2 Å². The molecule has 0 atom stereocenters. The first kappa shape index (κ1) is 15.0. The fourth-order valence-corrected chi connectivity index (χ4v) is 1.87. The maximum absolute atomic E-state index is 11.9. The number of rotatable bonds is 3. The van der Waals surface area contributed by atoms with Crippen molar-refractivity contribution in [1.29, 1.82) is 0 Å². The Morgan fingerprint density at radius 3 is 2.62 bits per heavy atom. The monoisotopic (exact) mass is 307 g/mol. The molecule has 21 heavy (non-hydrogen) atoms. The van der Waals surface area contributed by atoms with Crippen LogP contribution in [0.3, 0.4) is 0 Å². The SMILES string of the molecule is CCOC(=O)c1c(C)c(=O)on1C(=S)Oc1ccccc1. The van der Waals surface area contributed by atoms with Gasteiger partial charge >= 0.3 is 16.8 Å². The molecule has 1 heterocycles. The second kappa shape index (κ2) is 6.36. The first-order valence-corrected chi connectivity index (χ1v) is 6.62. The molecule has 0 bridgehead atoms. The second-order valence-electron chi connectivity index (χ2n) is 4.05. The Bertz CT molecular complexity index is 717. The Kier molecular flexibility index (Phi) is 4.54. The number of nitrogens with zero attached hydrogens (tertiary/aromatic N) is 1. The normalized spacial score (nSPS) is 10.2. The third-order valence-electron chi connectivity index (χ3n) is 2.62. The van der Waals surface area contributed by atoms with Gasteiger partial charge in [0.2, 0.25) is 0 Å². The number of thiocarbonyl (C=S) groups is 1. The summed E-state index contributed by atoms with van der Waals surface area (Å²) < 4.78 is 16.1. The highest BCUT2D eigenvalue weighted by atomic mass is 32.1. The summed E-state index contributed by atoms with van der Waals surface area (Å²) in [4.78, 5) is 23.5. The van der Waals surface area contributed by atoms with E-state index in [4.69, 9.17) is 26.2 Å². The predicted octanol–water partition coefficient (Wildman–Crippen LogP) is 2.14. The first-order chi connectivity index (χ1) is 10.0. The number of ether oxygens (including phenoxy) is 2. The Balaban J connectivity index is 2.35. The molecule has 0 saturated heterocycles. The number of aromatic nitrogens is 1. The average molecular weight is 307 g/mol. The van der Waals surface area contributed by atoms with Gasteiger partial charge in [0.25, 0.3) is 0 Å². The van der Waals surface area contributed by atoms with Crippen LogP contribution in [0.25, 0.3) is 0 Å². The molecule has 1 aromatic heterocycles. The van der Waals surface area contributed by atoms with Crippen LogP contribution in [0.4, 0.5) is 0 Å². The minimum atomic E-state index is -0.695. The smallest absolute Gasteiger partial charge is 0.362 e. The molecule has 0 N–H and O–H groups in total. The van der Waals surface area contributed by atoms with Crippen LogP contribution in [0.1, 0.15) is 23.0 Å². The molecule has 1 aromatic carbocycles. The van der Waals surface area contributed by atoms with Crippen LogP contribution in [-0.4, -0.2) is 22.5 Å². The van der Waals surface area contributed by atoms with Gasteiger partial charge in [0.15, 0.2) is 5.69 Å². The van der Waals surface area contributed by atoms with E-state index in [-0.39, 0.29) is 23.0 Å². The molecule has 7 heteroatoms. The lowest BCUT2D eigenvalue weighted by Crippen LogP contribution is -2.22. The molecule has 0 aliphatic heterocycles. The van der Waals surface area contributed by atoms with E-state index in [1.165, 1.54) is 6.92 Å². The van der Waals surface area contributed by atoms with Crippen LogP contribution in [0.2, 0.25) is 0 Å². The van der Waals surface area contributed by atoms with Crippen LogP contribution in [0, 0.1) is 6.92 Å². The lowest BCUT2D eigenvalue weighted by molar-refractivity contribution is 0.0507. The molecule has 0 saturated carbocycles. The molecule has 0 radical (unpaired) electrons. The maximum Gasteiger partial charge on any atom is 0.362 e. The number of carbonyl (C=O) groups is 1.